The fourth-order valence-electron chi connectivity index (χ4n) is 1.63. The SMILES string of the molecule is COc1ccc(COc2ccc(Br)cc2Cl)cc1N. The molecule has 0 aliphatic carbocycles. The van der Waals surface area contributed by atoms with Crippen LogP contribution in [0.1, 0.15) is 5.56 Å². The van der Waals surface area contributed by atoms with Crippen LogP contribution in [0.15, 0.2) is 40.9 Å². The summed E-state index contributed by atoms with van der Waals surface area (Å²) in [7, 11) is 1.59. The van der Waals surface area contributed by atoms with Crippen LogP contribution in [0, 0.1) is 0 Å². The van der Waals surface area contributed by atoms with Gasteiger partial charge < -0.3 is 15.2 Å². The molecule has 0 spiro atoms. The number of ether oxygens (including phenoxy) is 2. The van der Waals surface area contributed by atoms with E-state index in [4.69, 9.17) is 26.8 Å². The first kappa shape index (κ1) is 14.0. The van der Waals surface area contributed by atoms with Gasteiger partial charge in [-0.05, 0) is 35.9 Å². The summed E-state index contributed by atoms with van der Waals surface area (Å²) in [5.74, 6) is 1.30. The summed E-state index contributed by atoms with van der Waals surface area (Å²) in [4.78, 5) is 0. The first-order chi connectivity index (χ1) is 9.10. The van der Waals surface area contributed by atoms with E-state index in [0.717, 1.165) is 10.0 Å². The summed E-state index contributed by atoms with van der Waals surface area (Å²) < 4.78 is 11.7. The van der Waals surface area contributed by atoms with Crippen LogP contribution in [0.3, 0.4) is 0 Å². The fourth-order valence-corrected chi connectivity index (χ4v) is 2.35. The second-order valence-electron chi connectivity index (χ2n) is 3.94. The summed E-state index contributed by atoms with van der Waals surface area (Å²) in [6, 6.07) is 11.0. The monoisotopic (exact) mass is 341 g/mol. The van der Waals surface area contributed by atoms with Crippen molar-refractivity contribution < 1.29 is 9.47 Å². The van der Waals surface area contributed by atoms with Crippen molar-refractivity contribution >= 4 is 33.2 Å². The minimum absolute atomic E-state index is 0.398. The fraction of sp³-hybridized carbons (Fsp3) is 0.143. The molecule has 0 aliphatic heterocycles. The summed E-state index contributed by atoms with van der Waals surface area (Å²) in [6.45, 7) is 0.398. The molecule has 0 saturated heterocycles. The van der Waals surface area contributed by atoms with E-state index in [9.17, 15) is 0 Å². The number of hydrogen-bond donors (Lipinski definition) is 1. The van der Waals surface area contributed by atoms with E-state index in [0.29, 0.717) is 28.8 Å². The molecule has 0 amide bonds. The molecule has 100 valence electrons. The van der Waals surface area contributed by atoms with Crippen LogP contribution in [-0.4, -0.2) is 7.11 Å². The predicted octanol–water partition coefficient (Wildman–Crippen LogP) is 4.27. The van der Waals surface area contributed by atoms with Gasteiger partial charge in [0.25, 0.3) is 0 Å². The quantitative estimate of drug-likeness (QED) is 0.844. The van der Waals surface area contributed by atoms with Crippen molar-refractivity contribution in [1.29, 1.82) is 0 Å². The zero-order chi connectivity index (χ0) is 13.8. The van der Waals surface area contributed by atoms with Crippen molar-refractivity contribution in [1.82, 2.24) is 0 Å². The standard InChI is InChI=1S/C14H13BrClNO2/c1-18-14-4-2-9(6-12(14)17)8-19-13-5-3-10(15)7-11(13)16/h2-7H,8,17H2,1H3. The molecule has 0 fully saturated rings. The molecule has 0 radical (unpaired) electrons. The number of nitrogen functional groups attached to an aromatic ring is 1. The lowest BCUT2D eigenvalue weighted by Gasteiger charge is -2.10. The normalized spacial score (nSPS) is 10.3. The Morgan fingerprint density at radius 2 is 1.89 bits per heavy atom. The zero-order valence-corrected chi connectivity index (χ0v) is 12.7. The summed E-state index contributed by atoms with van der Waals surface area (Å²) in [6.07, 6.45) is 0. The second-order valence-corrected chi connectivity index (χ2v) is 5.26. The first-order valence-corrected chi connectivity index (χ1v) is 6.77. The molecule has 3 nitrogen and oxygen atoms in total. The molecule has 0 atom stereocenters. The van der Waals surface area contributed by atoms with Gasteiger partial charge in [-0.1, -0.05) is 33.6 Å². The Hall–Kier alpha value is -1.39. The van der Waals surface area contributed by atoms with Gasteiger partial charge in [0.05, 0.1) is 17.8 Å². The molecule has 0 aromatic heterocycles. The van der Waals surface area contributed by atoms with E-state index in [1.165, 1.54) is 0 Å². The summed E-state index contributed by atoms with van der Waals surface area (Å²) in [5.41, 5.74) is 7.38. The van der Waals surface area contributed by atoms with Gasteiger partial charge in [0.15, 0.2) is 0 Å². The number of halogens is 2. The largest absolute Gasteiger partial charge is 0.495 e. The van der Waals surface area contributed by atoms with Gasteiger partial charge in [0, 0.05) is 4.47 Å². The molecule has 0 unspecified atom stereocenters. The molecular weight excluding hydrogens is 330 g/mol. The zero-order valence-electron chi connectivity index (χ0n) is 10.3. The van der Waals surface area contributed by atoms with Gasteiger partial charge in [0.1, 0.15) is 18.1 Å². The number of hydrogen-bond acceptors (Lipinski definition) is 3. The van der Waals surface area contributed by atoms with E-state index in [1.54, 1.807) is 13.2 Å². The first-order valence-electron chi connectivity index (χ1n) is 5.60. The third kappa shape index (κ3) is 3.55. The number of anilines is 1. The lowest BCUT2D eigenvalue weighted by Crippen LogP contribution is -1.99. The minimum Gasteiger partial charge on any atom is -0.495 e. The van der Waals surface area contributed by atoms with Crippen molar-refractivity contribution in [3.8, 4) is 11.5 Å². The Kier molecular flexibility index (Phi) is 4.56. The van der Waals surface area contributed by atoms with Crippen LogP contribution in [0.5, 0.6) is 11.5 Å². The second kappa shape index (κ2) is 6.17. The maximum Gasteiger partial charge on any atom is 0.141 e. The number of methoxy groups -OCH3 is 1. The maximum absolute atomic E-state index is 6.08. The van der Waals surface area contributed by atoms with E-state index in [-0.39, 0.29) is 0 Å². The molecule has 0 saturated carbocycles. The van der Waals surface area contributed by atoms with Crippen molar-refractivity contribution in [2.24, 2.45) is 0 Å². The topological polar surface area (TPSA) is 44.5 Å². The molecule has 0 bridgehead atoms. The third-order valence-electron chi connectivity index (χ3n) is 2.58. The molecule has 0 aliphatic rings. The van der Waals surface area contributed by atoms with Crippen LogP contribution in [0.2, 0.25) is 5.02 Å². The maximum atomic E-state index is 6.08. The van der Waals surface area contributed by atoms with E-state index in [1.807, 2.05) is 30.3 Å². The molecule has 5 heteroatoms. The van der Waals surface area contributed by atoms with E-state index < -0.39 is 0 Å². The summed E-state index contributed by atoms with van der Waals surface area (Å²) >= 11 is 9.42. The smallest absolute Gasteiger partial charge is 0.141 e. The number of rotatable bonds is 4. The van der Waals surface area contributed by atoms with Crippen molar-refractivity contribution in [2.45, 2.75) is 6.61 Å². The number of nitrogens with two attached hydrogens (primary N) is 1. The molecule has 19 heavy (non-hydrogen) atoms. The molecule has 2 aromatic carbocycles. The lowest BCUT2D eigenvalue weighted by atomic mass is 10.2. The average molecular weight is 343 g/mol. The highest BCUT2D eigenvalue weighted by Gasteiger charge is 2.04. The van der Waals surface area contributed by atoms with Crippen LogP contribution < -0.4 is 15.2 Å². The Morgan fingerprint density at radius 1 is 1.16 bits per heavy atom. The van der Waals surface area contributed by atoms with Gasteiger partial charge in [-0.3, -0.25) is 0 Å². The Morgan fingerprint density at radius 3 is 2.53 bits per heavy atom. The highest BCUT2D eigenvalue weighted by molar-refractivity contribution is 9.10. The summed E-state index contributed by atoms with van der Waals surface area (Å²) in [5, 5.41) is 0.566. The lowest BCUT2D eigenvalue weighted by molar-refractivity contribution is 0.306. The van der Waals surface area contributed by atoms with Gasteiger partial charge in [-0.15, -0.1) is 0 Å². The molecule has 2 aromatic rings. The van der Waals surface area contributed by atoms with Crippen molar-refractivity contribution in [3.05, 3.63) is 51.5 Å². The third-order valence-corrected chi connectivity index (χ3v) is 3.37. The molecule has 0 heterocycles. The van der Waals surface area contributed by atoms with Crippen LogP contribution >= 0.6 is 27.5 Å². The van der Waals surface area contributed by atoms with E-state index >= 15 is 0 Å². The Balaban J connectivity index is 2.08. The molecular formula is C14H13BrClNO2. The van der Waals surface area contributed by atoms with Crippen LogP contribution in [-0.2, 0) is 6.61 Å². The predicted molar refractivity (Wildman–Crippen MR) is 80.9 cm³/mol. The van der Waals surface area contributed by atoms with Gasteiger partial charge in [0.2, 0.25) is 0 Å². The molecule has 2 rings (SSSR count). The minimum atomic E-state index is 0.398. The highest BCUT2D eigenvalue weighted by Crippen LogP contribution is 2.29. The Labute approximate surface area is 125 Å². The number of benzene rings is 2. The highest BCUT2D eigenvalue weighted by atomic mass is 79.9. The molecule has 2 N–H and O–H groups in total. The van der Waals surface area contributed by atoms with Crippen molar-refractivity contribution in [2.75, 3.05) is 12.8 Å². The van der Waals surface area contributed by atoms with Crippen LogP contribution in [0.4, 0.5) is 5.69 Å². The van der Waals surface area contributed by atoms with Gasteiger partial charge >= 0.3 is 0 Å². The van der Waals surface area contributed by atoms with Gasteiger partial charge in [-0.25, -0.2) is 0 Å². The average Bonchev–Trinajstić information content (AvgIpc) is 2.38. The van der Waals surface area contributed by atoms with Crippen LogP contribution in [0.25, 0.3) is 0 Å². The Bertz CT molecular complexity index is 590. The van der Waals surface area contributed by atoms with Gasteiger partial charge in [-0.2, -0.15) is 0 Å². The van der Waals surface area contributed by atoms with E-state index in [2.05, 4.69) is 15.9 Å². The van der Waals surface area contributed by atoms with Crippen molar-refractivity contribution in [3.63, 3.8) is 0 Å².